The van der Waals surface area contributed by atoms with E-state index in [1.54, 1.807) is 18.3 Å². The smallest absolute Gasteiger partial charge is 0.307 e. The number of anilines is 1. The van der Waals surface area contributed by atoms with Gasteiger partial charge in [0.1, 0.15) is 4.60 Å². The Morgan fingerprint density at radius 1 is 1.36 bits per heavy atom. The first kappa shape index (κ1) is 19.8. The monoisotopic (exact) mass is 449 g/mol. The molecule has 5 atom stereocenters. The summed E-state index contributed by atoms with van der Waals surface area (Å²) in [5, 5.41) is 13.1. The first-order chi connectivity index (χ1) is 13.3. The van der Waals surface area contributed by atoms with Gasteiger partial charge in [0.25, 0.3) is 0 Å². The van der Waals surface area contributed by atoms with E-state index in [0.29, 0.717) is 10.3 Å². The van der Waals surface area contributed by atoms with Crippen molar-refractivity contribution in [1.29, 1.82) is 0 Å². The van der Waals surface area contributed by atoms with Crippen LogP contribution in [-0.4, -0.2) is 47.0 Å². The van der Waals surface area contributed by atoms with Crippen LogP contribution in [-0.2, 0) is 9.59 Å². The number of hydrogen-bond donors (Lipinski definition) is 2. The quantitative estimate of drug-likeness (QED) is 0.647. The normalized spacial score (nSPS) is 33.2. The molecule has 28 heavy (non-hydrogen) atoms. The van der Waals surface area contributed by atoms with Crippen molar-refractivity contribution < 1.29 is 14.7 Å². The fourth-order valence-electron chi connectivity index (χ4n) is 7.05. The summed E-state index contributed by atoms with van der Waals surface area (Å²) < 4.78 is 0.695. The van der Waals surface area contributed by atoms with E-state index in [4.69, 9.17) is 0 Å². The zero-order chi connectivity index (χ0) is 20.3. The van der Waals surface area contributed by atoms with Crippen LogP contribution in [0.25, 0.3) is 0 Å². The molecule has 1 aromatic heterocycles. The second-order valence-electron chi connectivity index (χ2n) is 8.93. The molecule has 1 unspecified atom stereocenters. The lowest BCUT2D eigenvalue weighted by atomic mass is 9.62. The zero-order valence-electron chi connectivity index (χ0n) is 16.6. The number of hydrogen-bond acceptors (Lipinski definition) is 4. The van der Waals surface area contributed by atoms with E-state index in [2.05, 4.69) is 52.1 Å². The Bertz CT molecular complexity index is 793. The Morgan fingerprint density at radius 3 is 2.57 bits per heavy atom. The van der Waals surface area contributed by atoms with Crippen LogP contribution < -0.4 is 5.32 Å². The van der Waals surface area contributed by atoms with Crippen molar-refractivity contribution in [3.05, 3.63) is 22.9 Å². The number of amides is 1. The minimum absolute atomic E-state index is 0.0149. The molecular weight excluding hydrogens is 422 g/mol. The highest BCUT2D eigenvalue weighted by Gasteiger charge is 2.80. The summed E-state index contributed by atoms with van der Waals surface area (Å²) in [6, 6.07) is 3.77. The third-order valence-corrected chi connectivity index (χ3v) is 8.28. The predicted octanol–water partition coefficient (Wildman–Crippen LogP) is 3.63. The second-order valence-corrected chi connectivity index (χ2v) is 9.74. The van der Waals surface area contributed by atoms with Gasteiger partial charge in [0.2, 0.25) is 5.91 Å². The van der Waals surface area contributed by atoms with E-state index in [0.717, 1.165) is 32.1 Å². The lowest BCUT2D eigenvalue weighted by Gasteiger charge is -2.48. The van der Waals surface area contributed by atoms with E-state index in [1.807, 2.05) is 0 Å². The van der Waals surface area contributed by atoms with Gasteiger partial charge >= 0.3 is 5.97 Å². The van der Waals surface area contributed by atoms with Gasteiger partial charge in [-0.05, 0) is 85.6 Å². The molecule has 1 heterocycles. The van der Waals surface area contributed by atoms with Crippen molar-refractivity contribution in [2.24, 2.45) is 28.6 Å². The molecule has 4 rings (SSSR count). The summed E-state index contributed by atoms with van der Waals surface area (Å²) in [6.07, 6.45) is 6.48. The number of nitrogens with zero attached hydrogens (tertiary/aromatic N) is 2. The van der Waals surface area contributed by atoms with Gasteiger partial charge in [-0.2, -0.15) is 0 Å². The Morgan fingerprint density at radius 2 is 2.07 bits per heavy atom. The van der Waals surface area contributed by atoms with Gasteiger partial charge < -0.3 is 15.3 Å². The van der Waals surface area contributed by atoms with Crippen molar-refractivity contribution in [3.8, 4) is 0 Å². The lowest BCUT2D eigenvalue weighted by molar-refractivity contribution is -0.151. The maximum absolute atomic E-state index is 13.5. The van der Waals surface area contributed by atoms with Crippen LogP contribution in [0.1, 0.15) is 39.0 Å². The Hall–Kier alpha value is -1.47. The lowest BCUT2D eigenvalue weighted by Crippen LogP contribution is -2.54. The third-order valence-electron chi connectivity index (χ3n) is 7.81. The summed E-state index contributed by atoms with van der Waals surface area (Å²) >= 11 is 3.30. The van der Waals surface area contributed by atoms with Crippen molar-refractivity contribution in [3.63, 3.8) is 0 Å². The van der Waals surface area contributed by atoms with E-state index in [-0.39, 0.29) is 28.7 Å². The van der Waals surface area contributed by atoms with Crippen LogP contribution in [0.3, 0.4) is 0 Å². The van der Waals surface area contributed by atoms with Crippen LogP contribution in [0.4, 0.5) is 5.69 Å². The number of pyridine rings is 1. The molecule has 3 fully saturated rings. The second kappa shape index (κ2) is 6.80. The summed E-state index contributed by atoms with van der Waals surface area (Å²) in [5.74, 6) is -1.99. The molecule has 1 aromatic rings. The van der Waals surface area contributed by atoms with Gasteiger partial charge in [-0.3, -0.25) is 9.59 Å². The predicted molar refractivity (Wildman–Crippen MR) is 110 cm³/mol. The van der Waals surface area contributed by atoms with Gasteiger partial charge in [-0.25, -0.2) is 4.98 Å². The number of carboxylic acid groups (broad SMARTS) is 1. The largest absolute Gasteiger partial charge is 0.481 e. The third kappa shape index (κ3) is 2.58. The van der Waals surface area contributed by atoms with E-state index >= 15 is 0 Å². The summed E-state index contributed by atoms with van der Waals surface area (Å²) in [7, 11) is 4.13. The van der Waals surface area contributed by atoms with Crippen LogP contribution in [0.5, 0.6) is 0 Å². The topological polar surface area (TPSA) is 82.5 Å². The van der Waals surface area contributed by atoms with Crippen LogP contribution in [0.15, 0.2) is 22.9 Å². The summed E-state index contributed by atoms with van der Waals surface area (Å²) in [4.78, 5) is 32.3. The average molecular weight is 450 g/mol. The molecule has 6 nitrogen and oxygen atoms in total. The number of aromatic nitrogens is 1. The molecule has 0 radical (unpaired) electrons. The molecule has 2 bridgehead atoms. The summed E-state index contributed by atoms with van der Waals surface area (Å²) in [5.41, 5.74) is 0.352. The number of carbonyl (C=O) groups excluding carboxylic acids is 1. The fraction of sp³-hybridized carbons (Fsp3) is 0.667. The highest BCUT2D eigenvalue weighted by Crippen LogP contribution is 2.82. The molecule has 0 saturated heterocycles. The first-order valence-corrected chi connectivity index (χ1v) is 10.9. The Labute approximate surface area is 174 Å². The molecule has 152 valence electrons. The highest BCUT2D eigenvalue weighted by atomic mass is 79.9. The molecule has 0 aliphatic heterocycles. The fourth-order valence-corrected chi connectivity index (χ4v) is 7.29. The minimum Gasteiger partial charge on any atom is -0.481 e. The first-order valence-electron chi connectivity index (χ1n) is 10.1. The molecular formula is C21H28BrN3O3. The standard InChI is InChI=1S/C21H28BrN3O3/c1-4-14(25(2)3)21-8-7-13(20(21)9-10-20)16(19(27)28)17(21)18(26)24-12-5-6-15(22)23-11-12/h5-6,11,13-14,16-17H,4,7-10H2,1-3H3,(H,24,26)(H,27,28)/t13-,14?,16-,17+,21+/m1/s1. The molecule has 2 N–H and O–H groups in total. The molecule has 1 amide bonds. The van der Waals surface area contributed by atoms with Crippen molar-refractivity contribution in [2.75, 3.05) is 19.4 Å². The zero-order valence-corrected chi connectivity index (χ0v) is 18.2. The number of rotatable bonds is 6. The molecule has 3 saturated carbocycles. The molecule has 7 heteroatoms. The SMILES string of the molecule is CCC(N(C)C)[C@@]12CC[C@H]([C@@H](C(=O)O)[C@H]1C(=O)Nc1ccc(Br)nc1)C21CC1. The van der Waals surface area contributed by atoms with Gasteiger partial charge in [0.15, 0.2) is 0 Å². The maximum Gasteiger partial charge on any atom is 0.307 e. The van der Waals surface area contributed by atoms with Gasteiger partial charge in [0.05, 0.1) is 23.7 Å². The number of carboxylic acids is 1. The summed E-state index contributed by atoms with van der Waals surface area (Å²) in [6.45, 7) is 2.16. The van der Waals surface area contributed by atoms with Crippen molar-refractivity contribution >= 4 is 33.5 Å². The Balaban J connectivity index is 1.76. The van der Waals surface area contributed by atoms with Crippen molar-refractivity contribution in [2.45, 2.75) is 45.1 Å². The number of carbonyl (C=O) groups is 2. The van der Waals surface area contributed by atoms with Crippen LogP contribution in [0.2, 0.25) is 0 Å². The number of halogens is 1. The van der Waals surface area contributed by atoms with E-state index < -0.39 is 17.8 Å². The maximum atomic E-state index is 13.5. The van der Waals surface area contributed by atoms with Gasteiger partial charge in [0, 0.05) is 11.5 Å². The van der Waals surface area contributed by atoms with E-state index in [1.165, 1.54) is 0 Å². The van der Waals surface area contributed by atoms with Crippen LogP contribution >= 0.6 is 15.9 Å². The minimum atomic E-state index is -0.819. The highest BCUT2D eigenvalue weighted by molar-refractivity contribution is 9.10. The van der Waals surface area contributed by atoms with E-state index in [9.17, 15) is 14.7 Å². The molecule has 0 aromatic carbocycles. The van der Waals surface area contributed by atoms with Crippen LogP contribution in [0, 0.1) is 28.6 Å². The average Bonchev–Trinajstić information content (AvgIpc) is 3.34. The Kier molecular flexibility index (Phi) is 4.82. The number of nitrogens with one attached hydrogen (secondary N) is 1. The molecule has 1 spiro atoms. The molecule has 3 aliphatic rings. The van der Waals surface area contributed by atoms with Gasteiger partial charge in [-0.1, -0.05) is 6.92 Å². The van der Waals surface area contributed by atoms with Crippen molar-refractivity contribution in [1.82, 2.24) is 9.88 Å². The van der Waals surface area contributed by atoms with Gasteiger partial charge in [-0.15, -0.1) is 0 Å². The number of aliphatic carboxylic acids is 1. The molecule has 3 aliphatic carbocycles.